The molecule has 0 aliphatic rings. The molecule has 2 N–H and O–H groups in total. The van der Waals surface area contributed by atoms with Crippen molar-refractivity contribution in [1.29, 1.82) is 0 Å². The summed E-state index contributed by atoms with van der Waals surface area (Å²) in [4.78, 5) is 15.2. The molecule has 0 amide bonds. The van der Waals surface area contributed by atoms with Gasteiger partial charge in [0.25, 0.3) is 0 Å². The van der Waals surface area contributed by atoms with Gasteiger partial charge in [-0.2, -0.15) is 0 Å². The summed E-state index contributed by atoms with van der Waals surface area (Å²) in [6.45, 7) is 0. The summed E-state index contributed by atoms with van der Waals surface area (Å²) in [5.74, 6) is -1.55. The van der Waals surface area contributed by atoms with E-state index in [1.807, 2.05) is 0 Å². The highest BCUT2D eigenvalue weighted by atomic mass is 32.1. The summed E-state index contributed by atoms with van der Waals surface area (Å²) in [5.41, 5.74) is 1.07. The lowest BCUT2D eigenvalue weighted by molar-refractivity contribution is 0.0697. The fourth-order valence-electron chi connectivity index (χ4n) is 1.85. The van der Waals surface area contributed by atoms with Crippen LogP contribution in [0.4, 0.5) is 4.39 Å². The number of benzene rings is 2. The number of hydrogen-bond donors (Lipinski definition) is 2. The van der Waals surface area contributed by atoms with Gasteiger partial charge in [0.05, 0.1) is 21.3 Å². The summed E-state index contributed by atoms with van der Waals surface area (Å²) in [7, 11) is 0. The second-order valence-electron chi connectivity index (χ2n) is 4.17. The van der Waals surface area contributed by atoms with Gasteiger partial charge in [-0.05, 0) is 36.4 Å². The van der Waals surface area contributed by atoms with Crippen molar-refractivity contribution in [3.8, 4) is 16.3 Å². The lowest BCUT2D eigenvalue weighted by Gasteiger charge is -1.99. The van der Waals surface area contributed by atoms with Crippen LogP contribution in [0.5, 0.6) is 5.75 Å². The smallest absolute Gasteiger partial charge is 0.335 e. The summed E-state index contributed by atoms with van der Waals surface area (Å²) in [6, 6.07) is 8.18. The van der Waals surface area contributed by atoms with Crippen molar-refractivity contribution in [3.63, 3.8) is 0 Å². The lowest BCUT2D eigenvalue weighted by atomic mass is 10.2. The fourth-order valence-corrected chi connectivity index (χ4v) is 2.88. The monoisotopic (exact) mass is 289 g/mol. The number of thiazole rings is 1. The Bertz CT molecular complexity index is 828. The number of carboxylic acid groups (broad SMARTS) is 1. The number of fused-ring (bicyclic) bond motifs is 1. The van der Waals surface area contributed by atoms with Crippen LogP contribution >= 0.6 is 11.3 Å². The van der Waals surface area contributed by atoms with Crippen molar-refractivity contribution in [1.82, 2.24) is 4.98 Å². The van der Waals surface area contributed by atoms with Crippen molar-refractivity contribution < 1.29 is 19.4 Å². The number of carbonyl (C=O) groups is 1. The van der Waals surface area contributed by atoms with Gasteiger partial charge in [-0.15, -0.1) is 11.3 Å². The van der Waals surface area contributed by atoms with Gasteiger partial charge in [0.15, 0.2) is 0 Å². The number of aromatic hydroxyl groups is 1. The molecule has 4 nitrogen and oxygen atoms in total. The van der Waals surface area contributed by atoms with Crippen molar-refractivity contribution in [2.45, 2.75) is 0 Å². The van der Waals surface area contributed by atoms with Crippen LogP contribution in [-0.4, -0.2) is 21.2 Å². The van der Waals surface area contributed by atoms with E-state index in [0.717, 1.165) is 6.07 Å². The fraction of sp³-hybridized carbons (Fsp3) is 0. The van der Waals surface area contributed by atoms with E-state index in [1.165, 1.54) is 35.6 Å². The number of aromatic nitrogens is 1. The minimum atomic E-state index is -1.02. The maximum absolute atomic E-state index is 13.2. The molecule has 0 unspecified atom stereocenters. The van der Waals surface area contributed by atoms with Gasteiger partial charge in [0.1, 0.15) is 16.6 Å². The first-order chi connectivity index (χ1) is 9.54. The van der Waals surface area contributed by atoms with E-state index in [-0.39, 0.29) is 11.3 Å². The van der Waals surface area contributed by atoms with Gasteiger partial charge in [-0.1, -0.05) is 0 Å². The highest BCUT2D eigenvalue weighted by molar-refractivity contribution is 7.21. The molecule has 0 saturated carbocycles. The molecule has 100 valence electrons. The third-order valence-corrected chi connectivity index (χ3v) is 3.88. The van der Waals surface area contributed by atoms with Gasteiger partial charge < -0.3 is 10.2 Å². The summed E-state index contributed by atoms with van der Waals surface area (Å²) >= 11 is 1.20. The average Bonchev–Trinajstić information content (AvgIpc) is 2.83. The molecule has 3 rings (SSSR count). The molecule has 1 aromatic heterocycles. The molecule has 3 aromatic rings. The molecular weight excluding hydrogens is 281 g/mol. The molecule has 1 heterocycles. The first kappa shape index (κ1) is 12.6. The van der Waals surface area contributed by atoms with Crippen LogP contribution in [0.3, 0.4) is 0 Å². The second kappa shape index (κ2) is 4.57. The van der Waals surface area contributed by atoms with Gasteiger partial charge >= 0.3 is 5.97 Å². The van der Waals surface area contributed by atoms with Crippen LogP contribution in [0.15, 0.2) is 36.4 Å². The minimum Gasteiger partial charge on any atom is -0.507 e. The zero-order valence-electron chi connectivity index (χ0n) is 10.0. The highest BCUT2D eigenvalue weighted by Crippen LogP contribution is 2.35. The number of rotatable bonds is 2. The van der Waals surface area contributed by atoms with Gasteiger partial charge in [-0.25, -0.2) is 14.2 Å². The van der Waals surface area contributed by atoms with Crippen molar-refractivity contribution in [2.24, 2.45) is 0 Å². The number of carboxylic acids is 1. The maximum Gasteiger partial charge on any atom is 0.335 e. The predicted molar refractivity (Wildman–Crippen MR) is 73.6 cm³/mol. The Morgan fingerprint density at radius 1 is 1.20 bits per heavy atom. The standard InChI is InChI=1S/C14H8FNO3S/c15-8-2-4-11(17)9(6-8)13-16-10-3-1-7(14(18)19)5-12(10)20-13/h1-6,17H,(H,18,19). The normalized spacial score (nSPS) is 10.8. The molecular formula is C14H8FNO3S. The lowest BCUT2D eigenvalue weighted by Crippen LogP contribution is -1.94. The molecule has 0 radical (unpaired) electrons. The third-order valence-electron chi connectivity index (χ3n) is 2.82. The predicted octanol–water partition coefficient (Wildman–Crippen LogP) is 3.51. The van der Waals surface area contributed by atoms with Crippen LogP contribution in [0, 0.1) is 5.82 Å². The highest BCUT2D eigenvalue weighted by Gasteiger charge is 2.13. The van der Waals surface area contributed by atoms with Gasteiger partial charge in [0, 0.05) is 0 Å². The van der Waals surface area contributed by atoms with Crippen molar-refractivity contribution in [2.75, 3.05) is 0 Å². The van der Waals surface area contributed by atoms with E-state index in [9.17, 15) is 14.3 Å². The van der Waals surface area contributed by atoms with Crippen LogP contribution in [0.25, 0.3) is 20.8 Å². The molecule has 0 saturated heterocycles. The van der Waals surface area contributed by atoms with Crippen LogP contribution in [0.2, 0.25) is 0 Å². The number of hydrogen-bond acceptors (Lipinski definition) is 4. The summed E-state index contributed by atoms with van der Waals surface area (Å²) in [6.07, 6.45) is 0. The molecule has 0 atom stereocenters. The van der Waals surface area contributed by atoms with E-state index in [2.05, 4.69) is 4.98 Å². The van der Waals surface area contributed by atoms with E-state index in [4.69, 9.17) is 5.11 Å². The Kier molecular flexibility index (Phi) is 2.87. The Balaban J connectivity index is 2.17. The van der Waals surface area contributed by atoms with Crippen LogP contribution in [-0.2, 0) is 0 Å². The SMILES string of the molecule is O=C(O)c1ccc2nc(-c3cc(F)ccc3O)sc2c1. The number of phenolic OH excluding ortho intramolecular Hbond substituents is 1. The minimum absolute atomic E-state index is 0.0658. The molecule has 0 spiro atoms. The van der Waals surface area contributed by atoms with E-state index >= 15 is 0 Å². The first-order valence-corrected chi connectivity index (χ1v) is 6.49. The molecule has 2 aromatic carbocycles. The van der Waals surface area contributed by atoms with Crippen molar-refractivity contribution in [3.05, 3.63) is 47.8 Å². The Morgan fingerprint density at radius 3 is 2.75 bits per heavy atom. The largest absolute Gasteiger partial charge is 0.507 e. The molecule has 0 fully saturated rings. The number of aromatic carboxylic acids is 1. The quantitative estimate of drug-likeness (QED) is 0.757. The summed E-state index contributed by atoms with van der Waals surface area (Å²) in [5, 5.41) is 19.1. The van der Waals surface area contributed by atoms with Crippen LogP contribution < -0.4 is 0 Å². The average molecular weight is 289 g/mol. The third kappa shape index (κ3) is 2.10. The van der Waals surface area contributed by atoms with Gasteiger partial charge in [0.2, 0.25) is 0 Å². The summed E-state index contributed by atoms with van der Waals surface area (Å²) < 4.78 is 13.9. The van der Waals surface area contributed by atoms with Crippen molar-refractivity contribution >= 4 is 27.5 Å². The molecule has 6 heteroatoms. The molecule has 0 aliphatic heterocycles. The van der Waals surface area contributed by atoms with Crippen LogP contribution in [0.1, 0.15) is 10.4 Å². The Morgan fingerprint density at radius 2 is 2.00 bits per heavy atom. The second-order valence-corrected chi connectivity index (χ2v) is 5.20. The Hall–Kier alpha value is -2.47. The number of halogens is 1. The first-order valence-electron chi connectivity index (χ1n) is 5.67. The van der Waals surface area contributed by atoms with Gasteiger partial charge in [-0.3, -0.25) is 0 Å². The molecule has 20 heavy (non-hydrogen) atoms. The maximum atomic E-state index is 13.2. The number of phenols is 1. The van der Waals surface area contributed by atoms with E-state index in [1.54, 1.807) is 6.07 Å². The zero-order valence-corrected chi connectivity index (χ0v) is 10.8. The zero-order chi connectivity index (χ0) is 14.3. The number of nitrogens with zero attached hydrogens (tertiary/aromatic N) is 1. The topological polar surface area (TPSA) is 70.4 Å². The Labute approximate surface area is 116 Å². The van der Waals surface area contributed by atoms with E-state index in [0.29, 0.717) is 20.8 Å². The molecule has 0 bridgehead atoms. The molecule has 0 aliphatic carbocycles. The van der Waals surface area contributed by atoms with E-state index < -0.39 is 11.8 Å².